The second-order valence-corrected chi connectivity index (χ2v) is 5.60. The highest BCUT2D eigenvalue weighted by atomic mass is 19.1. The Labute approximate surface area is 147 Å². The van der Waals surface area contributed by atoms with Crippen LogP contribution in [0.25, 0.3) is 5.69 Å². The summed E-state index contributed by atoms with van der Waals surface area (Å²) in [6.45, 7) is 3.17. The van der Waals surface area contributed by atoms with Gasteiger partial charge in [0.05, 0.1) is 16.8 Å². The summed E-state index contributed by atoms with van der Waals surface area (Å²) in [5.74, 6) is -0.973. The highest BCUT2D eigenvalue weighted by Crippen LogP contribution is 2.24. The molecule has 0 aliphatic rings. The normalized spacial score (nSPS) is 10.6. The smallest absolute Gasteiger partial charge is 0.347 e. The summed E-state index contributed by atoms with van der Waals surface area (Å²) in [6.07, 6.45) is 1.29. The first kappa shape index (κ1) is 17.3. The van der Waals surface area contributed by atoms with Crippen molar-refractivity contribution in [2.45, 2.75) is 13.8 Å². The molecular weight excluding hydrogens is 341 g/mol. The van der Waals surface area contributed by atoms with E-state index in [1.807, 2.05) is 0 Å². The van der Waals surface area contributed by atoms with Gasteiger partial charge in [-0.3, -0.25) is 10.1 Å². The lowest BCUT2D eigenvalue weighted by molar-refractivity contribution is -0.385. The van der Waals surface area contributed by atoms with Crippen LogP contribution in [-0.2, 0) is 0 Å². The zero-order valence-electron chi connectivity index (χ0n) is 14.0. The molecule has 0 aliphatic carbocycles. The lowest BCUT2D eigenvalue weighted by Crippen LogP contribution is -2.10. The number of aromatic nitrogens is 2. The van der Waals surface area contributed by atoms with Gasteiger partial charge in [-0.15, -0.1) is 0 Å². The average Bonchev–Trinajstić information content (AvgIpc) is 2.96. The number of hydrogen-bond donors (Lipinski definition) is 0. The number of esters is 1. The zero-order valence-corrected chi connectivity index (χ0v) is 14.0. The molecule has 26 heavy (non-hydrogen) atoms. The summed E-state index contributed by atoms with van der Waals surface area (Å²) in [5.41, 5.74) is 1.12. The number of carbonyl (C=O) groups is 1. The summed E-state index contributed by atoms with van der Waals surface area (Å²) in [4.78, 5) is 22.7. The summed E-state index contributed by atoms with van der Waals surface area (Å²) >= 11 is 0. The number of benzene rings is 2. The third-order valence-electron chi connectivity index (χ3n) is 3.89. The van der Waals surface area contributed by atoms with E-state index < -0.39 is 16.7 Å². The van der Waals surface area contributed by atoms with E-state index in [1.54, 1.807) is 32.0 Å². The molecule has 0 saturated carbocycles. The minimum Gasteiger partial charge on any atom is -0.423 e. The van der Waals surface area contributed by atoms with Crippen molar-refractivity contribution in [2.24, 2.45) is 0 Å². The Hall–Kier alpha value is -3.55. The molecule has 0 spiro atoms. The number of ether oxygens (including phenoxy) is 1. The Bertz CT molecular complexity index is 1010. The third kappa shape index (κ3) is 3.16. The fraction of sp³-hybridized carbons (Fsp3) is 0.111. The van der Waals surface area contributed by atoms with Crippen molar-refractivity contribution >= 4 is 11.7 Å². The van der Waals surface area contributed by atoms with Crippen LogP contribution in [0.1, 0.15) is 21.6 Å². The number of carbonyl (C=O) groups excluding carboxylic acids is 1. The van der Waals surface area contributed by atoms with Crippen molar-refractivity contribution in [3.8, 4) is 11.4 Å². The summed E-state index contributed by atoms with van der Waals surface area (Å²) in [5, 5.41) is 14.9. The quantitative estimate of drug-likeness (QED) is 0.308. The first-order chi connectivity index (χ1) is 12.4. The summed E-state index contributed by atoms with van der Waals surface area (Å²) < 4.78 is 20.5. The molecule has 1 heterocycles. The molecule has 0 N–H and O–H groups in total. The number of nitro groups is 1. The Morgan fingerprint density at radius 2 is 1.96 bits per heavy atom. The van der Waals surface area contributed by atoms with Crippen molar-refractivity contribution < 1.29 is 18.8 Å². The molecule has 0 bridgehead atoms. The molecule has 8 heteroatoms. The van der Waals surface area contributed by atoms with E-state index in [0.29, 0.717) is 11.3 Å². The average molecular weight is 355 g/mol. The van der Waals surface area contributed by atoms with Crippen molar-refractivity contribution in [3.05, 3.63) is 81.4 Å². The molecule has 3 rings (SSSR count). The topological polar surface area (TPSA) is 87.3 Å². The molecule has 0 unspecified atom stereocenters. The number of nitro benzene ring substituents is 1. The van der Waals surface area contributed by atoms with Crippen LogP contribution in [0.4, 0.5) is 10.1 Å². The molecule has 0 fully saturated rings. The molecule has 0 saturated heterocycles. The van der Waals surface area contributed by atoms with Gasteiger partial charge in [0.25, 0.3) is 5.69 Å². The van der Waals surface area contributed by atoms with Crippen LogP contribution in [0.15, 0.2) is 48.7 Å². The molecule has 1 aromatic heterocycles. The van der Waals surface area contributed by atoms with Gasteiger partial charge in [0.1, 0.15) is 22.8 Å². The van der Waals surface area contributed by atoms with E-state index in [-0.39, 0.29) is 22.7 Å². The zero-order chi connectivity index (χ0) is 18.8. The first-order valence-electron chi connectivity index (χ1n) is 7.65. The van der Waals surface area contributed by atoms with Crippen molar-refractivity contribution in [1.82, 2.24) is 9.78 Å². The number of nitrogens with zero attached hydrogens (tertiary/aromatic N) is 3. The predicted octanol–water partition coefficient (Wildman–Crippen LogP) is 3.76. The maximum atomic E-state index is 13.9. The first-order valence-corrected chi connectivity index (χ1v) is 7.65. The number of rotatable bonds is 4. The van der Waals surface area contributed by atoms with Crippen LogP contribution in [0.5, 0.6) is 5.75 Å². The molecular formula is C18H14FN3O4. The molecule has 3 aromatic rings. The Morgan fingerprint density at radius 1 is 1.23 bits per heavy atom. The molecule has 0 radical (unpaired) electrons. The number of halogens is 1. The fourth-order valence-corrected chi connectivity index (χ4v) is 2.53. The van der Waals surface area contributed by atoms with E-state index in [4.69, 9.17) is 4.74 Å². The second-order valence-electron chi connectivity index (χ2n) is 5.60. The van der Waals surface area contributed by atoms with Gasteiger partial charge in [0.2, 0.25) is 0 Å². The van der Waals surface area contributed by atoms with Gasteiger partial charge < -0.3 is 4.74 Å². The van der Waals surface area contributed by atoms with Crippen molar-refractivity contribution in [2.75, 3.05) is 0 Å². The van der Waals surface area contributed by atoms with Crippen LogP contribution in [0.2, 0.25) is 0 Å². The Balaban J connectivity index is 1.87. The van der Waals surface area contributed by atoms with E-state index >= 15 is 0 Å². The fourth-order valence-electron chi connectivity index (χ4n) is 2.53. The van der Waals surface area contributed by atoms with Gasteiger partial charge >= 0.3 is 5.97 Å². The minimum absolute atomic E-state index is 0.0617. The van der Waals surface area contributed by atoms with Crippen molar-refractivity contribution in [3.63, 3.8) is 0 Å². The largest absolute Gasteiger partial charge is 0.423 e. The van der Waals surface area contributed by atoms with Gasteiger partial charge in [0.15, 0.2) is 0 Å². The van der Waals surface area contributed by atoms with Gasteiger partial charge in [-0.1, -0.05) is 12.1 Å². The van der Waals surface area contributed by atoms with Crippen LogP contribution in [0, 0.1) is 29.8 Å². The SMILES string of the molecule is Cc1cc(OC(=O)c2cnn(-c3ccccc3F)c2C)ccc1[N+](=O)[O-]. The van der Waals surface area contributed by atoms with Gasteiger partial charge in [-0.05, 0) is 38.1 Å². The standard InChI is InChI=1S/C18H14FN3O4/c1-11-9-13(7-8-16(11)22(24)25)26-18(23)14-10-20-21(12(14)2)17-6-4-3-5-15(17)19/h3-10H,1-2H3. The lowest BCUT2D eigenvalue weighted by atomic mass is 10.2. The highest BCUT2D eigenvalue weighted by Gasteiger charge is 2.19. The molecule has 132 valence electrons. The van der Waals surface area contributed by atoms with Crippen LogP contribution in [-0.4, -0.2) is 20.7 Å². The number of aryl methyl sites for hydroxylation is 1. The summed E-state index contributed by atoms with van der Waals surface area (Å²) in [7, 11) is 0. The molecule has 2 aromatic carbocycles. The molecule has 7 nitrogen and oxygen atoms in total. The Kier molecular flexibility index (Phi) is 4.49. The van der Waals surface area contributed by atoms with Crippen LogP contribution < -0.4 is 4.74 Å². The van der Waals surface area contributed by atoms with E-state index in [1.165, 1.54) is 35.1 Å². The van der Waals surface area contributed by atoms with E-state index in [0.717, 1.165) is 0 Å². The van der Waals surface area contributed by atoms with Crippen LogP contribution in [0.3, 0.4) is 0 Å². The molecule has 0 amide bonds. The van der Waals surface area contributed by atoms with Gasteiger partial charge in [-0.2, -0.15) is 5.10 Å². The Morgan fingerprint density at radius 3 is 2.62 bits per heavy atom. The monoisotopic (exact) mass is 355 g/mol. The second kappa shape index (κ2) is 6.75. The van der Waals surface area contributed by atoms with Gasteiger partial charge in [0, 0.05) is 11.6 Å². The lowest BCUT2D eigenvalue weighted by Gasteiger charge is -2.07. The number of hydrogen-bond acceptors (Lipinski definition) is 5. The summed E-state index contributed by atoms with van der Waals surface area (Å²) in [6, 6.07) is 10.1. The number of para-hydroxylation sites is 1. The van der Waals surface area contributed by atoms with Crippen LogP contribution >= 0.6 is 0 Å². The highest BCUT2D eigenvalue weighted by molar-refractivity contribution is 5.92. The van der Waals surface area contributed by atoms with E-state index in [2.05, 4.69) is 5.10 Å². The van der Waals surface area contributed by atoms with Gasteiger partial charge in [-0.25, -0.2) is 13.9 Å². The molecule has 0 atom stereocenters. The van der Waals surface area contributed by atoms with E-state index in [9.17, 15) is 19.3 Å². The third-order valence-corrected chi connectivity index (χ3v) is 3.89. The maximum absolute atomic E-state index is 13.9. The van der Waals surface area contributed by atoms with Crippen molar-refractivity contribution in [1.29, 1.82) is 0 Å². The predicted molar refractivity (Wildman–Crippen MR) is 91.1 cm³/mol. The maximum Gasteiger partial charge on any atom is 0.347 e. The molecule has 0 aliphatic heterocycles. The minimum atomic E-state index is -0.682.